The number of esters is 1. The Labute approximate surface area is 166 Å². The maximum atomic E-state index is 12.5. The number of carbonyl (C=O) groups excluding carboxylic acids is 2. The van der Waals surface area contributed by atoms with E-state index in [1.807, 2.05) is 27.7 Å². The van der Waals surface area contributed by atoms with Crippen LogP contribution < -0.4 is 10.4 Å². The fourth-order valence-electron chi connectivity index (χ4n) is 2.43. The second kappa shape index (κ2) is 7.71. The largest absolute Gasteiger partial charge is 0.496 e. The van der Waals surface area contributed by atoms with Crippen LogP contribution in [0.3, 0.4) is 0 Å². The second-order valence-corrected chi connectivity index (χ2v) is 8.68. The summed E-state index contributed by atoms with van der Waals surface area (Å²) in [7, 11) is 0.687. The van der Waals surface area contributed by atoms with Crippen LogP contribution in [0.4, 0.5) is 10.6 Å². The molecule has 9 heteroatoms. The van der Waals surface area contributed by atoms with Gasteiger partial charge < -0.3 is 18.8 Å². The number of methoxy groups -OCH3 is 1. The molecule has 0 aliphatic carbocycles. The van der Waals surface area contributed by atoms with Gasteiger partial charge in [-0.1, -0.05) is 6.07 Å². The molecule has 1 aromatic rings. The van der Waals surface area contributed by atoms with E-state index in [-0.39, 0.29) is 12.4 Å². The molecule has 154 valence electrons. The number of hydrogen-bond donors (Lipinski definition) is 0. The van der Waals surface area contributed by atoms with Gasteiger partial charge in [-0.2, -0.15) is 0 Å². The third kappa shape index (κ3) is 5.02. The molecule has 0 radical (unpaired) electrons. The minimum absolute atomic E-state index is 0.264. The Morgan fingerprint density at radius 3 is 2.14 bits per heavy atom. The van der Waals surface area contributed by atoms with Crippen LogP contribution in [0, 0.1) is 0 Å². The summed E-state index contributed by atoms with van der Waals surface area (Å²) in [5, 5.41) is 0. The van der Waals surface area contributed by atoms with Crippen LogP contribution in [0.25, 0.3) is 0 Å². The van der Waals surface area contributed by atoms with Crippen molar-refractivity contribution in [1.82, 2.24) is 4.98 Å². The zero-order valence-corrected chi connectivity index (χ0v) is 17.9. The third-order valence-electron chi connectivity index (χ3n) is 4.70. The zero-order valence-electron chi connectivity index (χ0n) is 17.9. The van der Waals surface area contributed by atoms with Gasteiger partial charge in [0, 0.05) is 11.7 Å². The molecule has 1 fully saturated rings. The van der Waals surface area contributed by atoms with Gasteiger partial charge in [0.2, 0.25) is 0 Å². The highest BCUT2D eigenvalue weighted by Crippen LogP contribution is 2.36. The first-order valence-corrected chi connectivity index (χ1v) is 9.15. The molecule has 28 heavy (non-hydrogen) atoms. The SMILES string of the molecule is COC(=O)CN(C(=O)OC(C)(C)C)c1ccc(B2OC(C)(C)C(C)(C)O2)cn1. The van der Waals surface area contributed by atoms with E-state index in [4.69, 9.17) is 14.0 Å². The number of rotatable bonds is 4. The molecule has 2 heterocycles. The summed E-state index contributed by atoms with van der Waals surface area (Å²) in [6.07, 6.45) is 0.875. The summed E-state index contributed by atoms with van der Waals surface area (Å²) in [6, 6.07) is 3.37. The Kier molecular flexibility index (Phi) is 6.11. The third-order valence-corrected chi connectivity index (χ3v) is 4.70. The summed E-state index contributed by atoms with van der Waals surface area (Å²) in [5.41, 5.74) is -0.939. The van der Waals surface area contributed by atoms with Crippen molar-refractivity contribution in [2.24, 2.45) is 0 Å². The van der Waals surface area contributed by atoms with Gasteiger partial charge in [-0.25, -0.2) is 9.78 Å². The van der Waals surface area contributed by atoms with Gasteiger partial charge in [0.1, 0.15) is 18.0 Å². The molecule has 0 spiro atoms. The van der Waals surface area contributed by atoms with Crippen LogP contribution in [-0.4, -0.2) is 54.6 Å². The standard InChI is InChI=1S/C19H29BN2O6/c1-17(2,3)26-16(24)22(12-15(23)25-8)14-10-9-13(11-21-14)20-27-18(4,5)19(6,7)28-20/h9-11H,12H2,1-8H3. The maximum Gasteiger partial charge on any atom is 0.496 e. The van der Waals surface area contributed by atoms with Gasteiger partial charge >= 0.3 is 19.2 Å². The zero-order chi connectivity index (χ0) is 21.3. The Hall–Kier alpha value is -2.13. The summed E-state index contributed by atoms with van der Waals surface area (Å²) >= 11 is 0. The van der Waals surface area contributed by atoms with Crippen LogP contribution in [0.5, 0.6) is 0 Å². The lowest BCUT2D eigenvalue weighted by Gasteiger charge is -2.32. The molecule has 1 aromatic heterocycles. The number of aromatic nitrogens is 1. The summed E-state index contributed by atoms with van der Waals surface area (Å²) in [5.74, 6) is -0.317. The molecule has 0 bridgehead atoms. The Bertz CT molecular complexity index is 711. The Morgan fingerprint density at radius 1 is 1.14 bits per heavy atom. The molecule has 8 nitrogen and oxygen atoms in total. The second-order valence-electron chi connectivity index (χ2n) is 8.68. The highest BCUT2D eigenvalue weighted by Gasteiger charge is 2.51. The molecule has 0 atom stereocenters. The molecule has 0 saturated carbocycles. The summed E-state index contributed by atoms with van der Waals surface area (Å²) in [6.45, 7) is 12.8. The topological polar surface area (TPSA) is 87.2 Å². The molecule has 0 aromatic carbocycles. The molecule has 1 amide bonds. The van der Waals surface area contributed by atoms with Crippen molar-refractivity contribution in [2.45, 2.75) is 65.3 Å². The molecule has 1 aliphatic heterocycles. The van der Waals surface area contributed by atoms with Crippen LogP contribution >= 0.6 is 0 Å². The van der Waals surface area contributed by atoms with Crippen molar-refractivity contribution in [2.75, 3.05) is 18.6 Å². The van der Waals surface area contributed by atoms with Gasteiger partial charge in [0.05, 0.1) is 18.3 Å². The van der Waals surface area contributed by atoms with E-state index in [1.54, 1.807) is 39.1 Å². The summed E-state index contributed by atoms with van der Waals surface area (Å²) in [4.78, 5) is 29.7. The predicted molar refractivity (Wildman–Crippen MR) is 106 cm³/mol. The minimum Gasteiger partial charge on any atom is -0.468 e. The smallest absolute Gasteiger partial charge is 0.468 e. The first-order chi connectivity index (χ1) is 12.8. The van der Waals surface area contributed by atoms with Crippen molar-refractivity contribution < 1.29 is 28.4 Å². The predicted octanol–water partition coefficient (Wildman–Crippen LogP) is 2.30. The molecular weight excluding hydrogens is 363 g/mol. The highest BCUT2D eigenvalue weighted by atomic mass is 16.7. The van der Waals surface area contributed by atoms with Crippen molar-refractivity contribution >= 4 is 30.5 Å². The van der Waals surface area contributed by atoms with Crippen LogP contribution in [0.2, 0.25) is 0 Å². The van der Waals surface area contributed by atoms with Crippen LogP contribution in [0.1, 0.15) is 48.5 Å². The number of carbonyl (C=O) groups is 2. The van der Waals surface area contributed by atoms with Gasteiger partial charge in [-0.15, -0.1) is 0 Å². The average Bonchev–Trinajstić information content (AvgIpc) is 2.78. The van der Waals surface area contributed by atoms with Gasteiger partial charge in [-0.3, -0.25) is 9.69 Å². The van der Waals surface area contributed by atoms with E-state index >= 15 is 0 Å². The van der Waals surface area contributed by atoms with E-state index < -0.39 is 36.0 Å². The van der Waals surface area contributed by atoms with E-state index in [0.29, 0.717) is 5.46 Å². The van der Waals surface area contributed by atoms with Gasteiger partial charge in [0.15, 0.2) is 0 Å². The average molecular weight is 392 g/mol. The van der Waals surface area contributed by atoms with Crippen LogP contribution in [0.15, 0.2) is 18.3 Å². The van der Waals surface area contributed by atoms with E-state index in [2.05, 4.69) is 9.72 Å². The number of hydrogen-bond acceptors (Lipinski definition) is 7. The van der Waals surface area contributed by atoms with E-state index in [0.717, 1.165) is 4.90 Å². The van der Waals surface area contributed by atoms with Crippen molar-refractivity contribution in [1.29, 1.82) is 0 Å². The number of amides is 1. The fraction of sp³-hybridized carbons (Fsp3) is 0.632. The van der Waals surface area contributed by atoms with Crippen molar-refractivity contribution in [3.05, 3.63) is 18.3 Å². The first-order valence-electron chi connectivity index (χ1n) is 9.15. The maximum absolute atomic E-state index is 12.5. The molecule has 0 unspecified atom stereocenters. The van der Waals surface area contributed by atoms with Crippen molar-refractivity contribution in [3.8, 4) is 0 Å². The quantitative estimate of drug-likeness (QED) is 0.574. The van der Waals surface area contributed by atoms with E-state index in [1.165, 1.54) is 7.11 Å². The van der Waals surface area contributed by atoms with Gasteiger partial charge in [0.25, 0.3) is 0 Å². The van der Waals surface area contributed by atoms with Gasteiger partial charge in [-0.05, 0) is 54.5 Å². The normalized spacial score (nSPS) is 17.9. The molecule has 1 aliphatic rings. The minimum atomic E-state index is -0.714. The molecular formula is C19H29BN2O6. The Balaban J connectivity index is 2.24. The van der Waals surface area contributed by atoms with Crippen molar-refractivity contribution in [3.63, 3.8) is 0 Å². The monoisotopic (exact) mass is 392 g/mol. The highest BCUT2D eigenvalue weighted by molar-refractivity contribution is 6.62. The lowest BCUT2D eigenvalue weighted by molar-refractivity contribution is -0.139. The Morgan fingerprint density at radius 2 is 1.71 bits per heavy atom. The molecule has 0 N–H and O–H groups in total. The number of anilines is 1. The fourth-order valence-corrected chi connectivity index (χ4v) is 2.43. The van der Waals surface area contributed by atoms with E-state index in [9.17, 15) is 9.59 Å². The molecule has 2 rings (SSSR count). The number of nitrogens with zero attached hydrogens (tertiary/aromatic N) is 2. The lowest BCUT2D eigenvalue weighted by atomic mass is 9.80. The molecule has 1 saturated heterocycles. The number of pyridine rings is 1. The van der Waals surface area contributed by atoms with Crippen LogP contribution in [-0.2, 0) is 23.6 Å². The summed E-state index contributed by atoms with van der Waals surface area (Å²) < 4.78 is 22.1. The lowest BCUT2D eigenvalue weighted by Crippen LogP contribution is -2.41. The first kappa shape index (κ1) is 22.2. The number of ether oxygens (including phenoxy) is 2.